The Labute approximate surface area is 112 Å². The molecule has 2 atom stereocenters. The van der Waals surface area contributed by atoms with Crippen LogP contribution in [0.1, 0.15) is 52.4 Å². The van der Waals surface area contributed by atoms with Crippen LogP contribution >= 0.6 is 0 Å². The maximum atomic E-state index is 6.17. The van der Waals surface area contributed by atoms with Crippen molar-refractivity contribution in [1.29, 1.82) is 0 Å². The topological polar surface area (TPSA) is 30.5 Å². The number of nitrogens with one attached hydrogen (secondary N) is 1. The summed E-state index contributed by atoms with van der Waals surface area (Å²) >= 11 is 0. The van der Waals surface area contributed by atoms with Gasteiger partial charge in [-0.1, -0.05) is 6.92 Å². The van der Waals surface area contributed by atoms with Gasteiger partial charge in [0.2, 0.25) is 0 Å². The van der Waals surface area contributed by atoms with Gasteiger partial charge in [-0.2, -0.15) is 0 Å². The van der Waals surface area contributed by atoms with E-state index in [0.717, 1.165) is 26.4 Å². The Morgan fingerprint density at radius 1 is 1.22 bits per heavy atom. The Kier molecular flexibility index (Phi) is 5.46. The minimum absolute atomic E-state index is 0.0371. The van der Waals surface area contributed by atoms with Crippen LogP contribution in [-0.2, 0) is 9.47 Å². The summed E-state index contributed by atoms with van der Waals surface area (Å²) in [6, 6.07) is 0.502. The number of rotatable bonds is 5. The van der Waals surface area contributed by atoms with Crippen molar-refractivity contribution in [3.63, 3.8) is 0 Å². The first-order valence-electron chi connectivity index (χ1n) is 7.71. The van der Waals surface area contributed by atoms with E-state index in [-0.39, 0.29) is 5.60 Å². The van der Waals surface area contributed by atoms with Gasteiger partial charge in [0.05, 0.1) is 5.60 Å². The molecule has 2 rings (SSSR count). The summed E-state index contributed by atoms with van der Waals surface area (Å²) in [4.78, 5) is 0. The maximum Gasteiger partial charge on any atom is 0.0809 e. The van der Waals surface area contributed by atoms with Crippen molar-refractivity contribution in [1.82, 2.24) is 5.32 Å². The Morgan fingerprint density at radius 3 is 2.61 bits per heavy atom. The van der Waals surface area contributed by atoms with Gasteiger partial charge in [-0.05, 0) is 57.9 Å². The minimum Gasteiger partial charge on any atom is -0.381 e. The zero-order valence-electron chi connectivity index (χ0n) is 12.0. The number of hydrogen-bond donors (Lipinski definition) is 1. The fourth-order valence-corrected chi connectivity index (χ4v) is 3.43. The van der Waals surface area contributed by atoms with Crippen LogP contribution in [-0.4, -0.2) is 38.0 Å². The van der Waals surface area contributed by atoms with Crippen molar-refractivity contribution < 1.29 is 9.47 Å². The second-order valence-electron chi connectivity index (χ2n) is 6.00. The molecule has 3 heteroatoms. The lowest BCUT2D eigenvalue weighted by Crippen LogP contribution is -2.57. The lowest BCUT2D eigenvalue weighted by molar-refractivity contribution is -0.109. The van der Waals surface area contributed by atoms with E-state index in [2.05, 4.69) is 19.2 Å². The van der Waals surface area contributed by atoms with Crippen LogP contribution in [0.15, 0.2) is 0 Å². The molecule has 18 heavy (non-hydrogen) atoms. The van der Waals surface area contributed by atoms with Gasteiger partial charge in [0.15, 0.2) is 0 Å². The monoisotopic (exact) mass is 255 g/mol. The Bertz CT molecular complexity index is 233. The summed E-state index contributed by atoms with van der Waals surface area (Å²) in [6.45, 7) is 8.42. The molecule has 0 aromatic heterocycles. The molecule has 3 nitrogen and oxygen atoms in total. The third-order valence-electron chi connectivity index (χ3n) is 4.51. The molecule has 0 aromatic rings. The van der Waals surface area contributed by atoms with E-state index in [1.54, 1.807) is 0 Å². The summed E-state index contributed by atoms with van der Waals surface area (Å²) < 4.78 is 11.7. The smallest absolute Gasteiger partial charge is 0.0809 e. The highest BCUT2D eigenvalue weighted by molar-refractivity contribution is 4.96. The molecule has 0 radical (unpaired) electrons. The zero-order chi connectivity index (χ0) is 12.8. The molecular formula is C15H29NO2. The van der Waals surface area contributed by atoms with E-state index in [0.29, 0.717) is 12.0 Å². The zero-order valence-corrected chi connectivity index (χ0v) is 12.0. The van der Waals surface area contributed by atoms with Crippen molar-refractivity contribution in [2.45, 2.75) is 64.0 Å². The Hall–Kier alpha value is -0.120. The van der Waals surface area contributed by atoms with E-state index in [1.807, 2.05) is 0 Å². The molecule has 1 N–H and O–H groups in total. The minimum atomic E-state index is 0.0371. The fraction of sp³-hybridized carbons (Fsp3) is 1.00. The largest absolute Gasteiger partial charge is 0.381 e. The average Bonchev–Trinajstić information content (AvgIpc) is 2.41. The third-order valence-corrected chi connectivity index (χ3v) is 4.51. The normalized spacial score (nSPS) is 32.3. The molecule has 0 saturated carbocycles. The standard InChI is InChI=1S/C15H29NO2/c1-3-9-16-14(13-6-11-17-12-7-13)15(2)8-4-5-10-18-15/h13-14,16H,3-12H2,1-2H3. The van der Waals surface area contributed by atoms with Crippen LogP contribution in [0, 0.1) is 5.92 Å². The molecule has 2 aliphatic heterocycles. The van der Waals surface area contributed by atoms with Crippen LogP contribution < -0.4 is 5.32 Å². The molecule has 2 unspecified atom stereocenters. The Morgan fingerprint density at radius 2 is 2.00 bits per heavy atom. The van der Waals surface area contributed by atoms with Crippen molar-refractivity contribution in [3.8, 4) is 0 Å². The molecule has 0 aliphatic carbocycles. The molecule has 0 bridgehead atoms. The van der Waals surface area contributed by atoms with Crippen molar-refractivity contribution >= 4 is 0 Å². The first kappa shape index (κ1) is 14.3. The van der Waals surface area contributed by atoms with Gasteiger partial charge < -0.3 is 14.8 Å². The SMILES string of the molecule is CCCNC(C1CCOCC1)C1(C)CCCCO1. The highest BCUT2D eigenvalue weighted by Crippen LogP contribution is 2.34. The molecule has 2 saturated heterocycles. The molecule has 106 valence electrons. The van der Waals surface area contributed by atoms with Gasteiger partial charge in [-0.3, -0.25) is 0 Å². The van der Waals surface area contributed by atoms with E-state index >= 15 is 0 Å². The quantitative estimate of drug-likeness (QED) is 0.819. The van der Waals surface area contributed by atoms with E-state index in [9.17, 15) is 0 Å². The second kappa shape index (κ2) is 6.88. The lowest BCUT2D eigenvalue weighted by Gasteiger charge is -2.45. The second-order valence-corrected chi connectivity index (χ2v) is 6.00. The lowest BCUT2D eigenvalue weighted by atomic mass is 9.77. The molecule has 0 spiro atoms. The van der Waals surface area contributed by atoms with Gasteiger partial charge in [0.1, 0.15) is 0 Å². The molecule has 2 heterocycles. The van der Waals surface area contributed by atoms with Gasteiger partial charge in [-0.15, -0.1) is 0 Å². The summed E-state index contributed by atoms with van der Waals surface area (Å²) in [5.74, 6) is 0.716. The molecule has 0 aromatic carbocycles. The highest BCUT2D eigenvalue weighted by Gasteiger charge is 2.41. The summed E-state index contributed by atoms with van der Waals surface area (Å²) in [7, 11) is 0. The van der Waals surface area contributed by atoms with Gasteiger partial charge in [0, 0.05) is 25.9 Å². The predicted molar refractivity (Wildman–Crippen MR) is 73.8 cm³/mol. The van der Waals surface area contributed by atoms with Gasteiger partial charge in [0.25, 0.3) is 0 Å². The Balaban J connectivity index is 2.02. The third kappa shape index (κ3) is 3.46. The summed E-state index contributed by atoms with van der Waals surface area (Å²) in [5.41, 5.74) is 0.0371. The first-order chi connectivity index (χ1) is 8.76. The highest BCUT2D eigenvalue weighted by atomic mass is 16.5. The van der Waals surface area contributed by atoms with E-state index in [1.165, 1.54) is 38.5 Å². The molecule has 2 aliphatic rings. The number of hydrogen-bond acceptors (Lipinski definition) is 3. The van der Waals surface area contributed by atoms with Crippen LogP contribution in [0.4, 0.5) is 0 Å². The predicted octanol–water partition coefficient (Wildman–Crippen LogP) is 2.74. The van der Waals surface area contributed by atoms with Crippen LogP contribution in [0.5, 0.6) is 0 Å². The average molecular weight is 255 g/mol. The van der Waals surface area contributed by atoms with Crippen molar-refractivity contribution in [2.75, 3.05) is 26.4 Å². The van der Waals surface area contributed by atoms with Crippen LogP contribution in [0.3, 0.4) is 0 Å². The van der Waals surface area contributed by atoms with Crippen molar-refractivity contribution in [2.24, 2.45) is 5.92 Å². The molecule has 2 fully saturated rings. The number of ether oxygens (including phenoxy) is 2. The van der Waals surface area contributed by atoms with Crippen LogP contribution in [0.2, 0.25) is 0 Å². The van der Waals surface area contributed by atoms with Gasteiger partial charge >= 0.3 is 0 Å². The summed E-state index contributed by atoms with van der Waals surface area (Å²) in [6.07, 6.45) is 7.29. The molecule has 0 amide bonds. The van der Waals surface area contributed by atoms with E-state index in [4.69, 9.17) is 9.47 Å². The summed E-state index contributed by atoms with van der Waals surface area (Å²) in [5, 5.41) is 3.77. The molecular weight excluding hydrogens is 226 g/mol. The van der Waals surface area contributed by atoms with Crippen molar-refractivity contribution in [3.05, 3.63) is 0 Å². The van der Waals surface area contributed by atoms with E-state index < -0.39 is 0 Å². The van der Waals surface area contributed by atoms with Gasteiger partial charge in [-0.25, -0.2) is 0 Å². The maximum absolute atomic E-state index is 6.17. The fourth-order valence-electron chi connectivity index (χ4n) is 3.43. The first-order valence-corrected chi connectivity index (χ1v) is 7.71. The van der Waals surface area contributed by atoms with Crippen LogP contribution in [0.25, 0.3) is 0 Å².